The Morgan fingerprint density at radius 2 is 1.77 bits per heavy atom. The molecule has 0 rings (SSSR count). The van der Waals surface area contributed by atoms with E-state index in [1.807, 2.05) is 5.43 Å². The van der Waals surface area contributed by atoms with Crippen molar-refractivity contribution >= 4 is 11.6 Å². The van der Waals surface area contributed by atoms with E-state index in [4.69, 9.17) is 28.9 Å². The predicted octanol–water partition coefficient (Wildman–Crippen LogP) is 0.221. The molecule has 0 radical (unpaired) electrons. The minimum absolute atomic E-state index is 0.393. The van der Waals surface area contributed by atoms with Crippen LogP contribution < -0.4 is 22.7 Å². The zero-order valence-corrected chi connectivity index (χ0v) is 7.08. The third-order valence-corrected chi connectivity index (χ3v) is 1.23. The van der Waals surface area contributed by atoms with Crippen LogP contribution in [0.4, 0.5) is 13.2 Å². The van der Waals surface area contributed by atoms with Crippen LogP contribution in [0, 0.1) is 0 Å². The lowest BCUT2D eigenvalue weighted by Crippen LogP contribution is -2.28. The van der Waals surface area contributed by atoms with Crippen LogP contribution in [0.3, 0.4) is 0 Å². The lowest BCUT2D eigenvalue weighted by atomic mass is 10.2. The third-order valence-electron chi connectivity index (χ3n) is 1.03. The standard InChI is InChI=1S/C5H8ClF3N4/c6-4(11)2(5(7,8)9)1-3(10)13-12/h1,13H,10-12H2/b3-1+,4-2+. The quantitative estimate of drug-likeness (QED) is 0.230. The molecule has 7 N–H and O–H groups in total. The van der Waals surface area contributed by atoms with Crippen LogP contribution >= 0.6 is 11.6 Å². The third kappa shape index (κ3) is 3.90. The second kappa shape index (κ2) is 4.24. The maximum atomic E-state index is 12.1. The number of nitrogens with two attached hydrogens (primary N) is 3. The smallest absolute Gasteiger partial charge is 0.389 e. The van der Waals surface area contributed by atoms with E-state index >= 15 is 0 Å². The number of rotatable bonds is 2. The highest BCUT2D eigenvalue weighted by Gasteiger charge is 2.34. The Bertz CT molecular complexity index is 241. The van der Waals surface area contributed by atoms with Gasteiger partial charge in [-0.2, -0.15) is 13.2 Å². The molecule has 0 aliphatic carbocycles. The normalized spacial score (nSPS) is 15.3. The van der Waals surface area contributed by atoms with E-state index in [1.165, 1.54) is 0 Å². The lowest BCUT2D eigenvalue weighted by molar-refractivity contribution is -0.0887. The summed E-state index contributed by atoms with van der Waals surface area (Å²) in [5.41, 5.74) is 10.3. The number of hydrogen-bond donors (Lipinski definition) is 4. The van der Waals surface area contributed by atoms with Gasteiger partial charge in [-0.1, -0.05) is 11.6 Å². The van der Waals surface area contributed by atoms with Gasteiger partial charge in [-0.25, -0.2) is 5.84 Å². The highest BCUT2D eigenvalue weighted by molar-refractivity contribution is 6.29. The highest BCUT2D eigenvalue weighted by atomic mass is 35.5. The van der Waals surface area contributed by atoms with Crippen LogP contribution in [0.2, 0.25) is 0 Å². The molecule has 0 aliphatic heterocycles. The topological polar surface area (TPSA) is 90.1 Å². The van der Waals surface area contributed by atoms with Crippen LogP contribution in [0.1, 0.15) is 0 Å². The largest absolute Gasteiger partial charge is 0.419 e. The fourth-order valence-electron chi connectivity index (χ4n) is 0.483. The van der Waals surface area contributed by atoms with Crippen molar-refractivity contribution in [3.8, 4) is 0 Å². The first-order chi connectivity index (χ1) is 5.79. The van der Waals surface area contributed by atoms with Crippen molar-refractivity contribution in [1.82, 2.24) is 5.43 Å². The molecular weight excluding hydrogens is 209 g/mol. The number of hydrogen-bond acceptors (Lipinski definition) is 4. The number of allylic oxidation sites excluding steroid dienone is 2. The molecule has 13 heavy (non-hydrogen) atoms. The minimum atomic E-state index is -4.66. The molecule has 0 aromatic heterocycles. The molecule has 0 aromatic rings. The summed E-state index contributed by atoms with van der Waals surface area (Å²) in [6.45, 7) is 0. The first kappa shape index (κ1) is 11.9. The Balaban J connectivity index is 5.00. The lowest BCUT2D eigenvalue weighted by Gasteiger charge is -2.09. The molecule has 0 unspecified atom stereocenters. The summed E-state index contributed by atoms with van der Waals surface area (Å²) >= 11 is 5.00. The average molecular weight is 217 g/mol. The summed E-state index contributed by atoms with van der Waals surface area (Å²) in [4.78, 5) is 0. The van der Waals surface area contributed by atoms with E-state index in [0.29, 0.717) is 6.08 Å². The van der Waals surface area contributed by atoms with Crippen LogP contribution in [0.25, 0.3) is 0 Å². The van der Waals surface area contributed by atoms with E-state index in [2.05, 4.69) is 0 Å². The Hall–Kier alpha value is -1.08. The number of nitrogens with one attached hydrogen (secondary N) is 1. The number of halogens is 4. The van der Waals surface area contributed by atoms with E-state index in [9.17, 15) is 13.2 Å². The zero-order valence-electron chi connectivity index (χ0n) is 6.32. The van der Waals surface area contributed by atoms with Gasteiger partial charge in [0.2, 0.25) is 0 Å². The molecule has 0 aliphatic rings. The van der Waals surface area contributed by atoms with Gasteiger partial charge in [-0.3, -0.25) is 0 Å². The van der Waals surface area contributed by atoms with Gasteiger partial charge in [-0.15, -0.1) is 0 Å². The molecule has 0 spiro atoms. The Labute approximate surface area is 77.2 Å². The first-order valence-electron chi connectivity index (χ1n) is 2.95. The highest BCUT2D eigenvalue weighted by Crippen LogP contribution is 2.29. The van der Waals surface area contributed by atoms with Gasteiger partial charge in [-0.05, 0) is 6.08 Å². The molecule has 4 nitrogen and oxygen atoms in total. The van der Waals surface area contributed by atoms with Crippen LogP contribution in [-0.2, 0) is 0 Å². The molecular formula is C5H8ClF3N4. The predicted molar refractivity (Wildman–Crippen MR) is 42.7 cm³/mol. The molecule has 0 atom stereocenters. The van der Waals surface area contributed by atoms with Crippen molar-refractivity contribution in [3.05, 3.63) is 22.6 Å². The van der Waals surface area contributed by atoms with Crippen LogP contribution in [0.15, 0.2) is 22.6 Å². The Morgan fingerprint density at radius 3 is 2.00 bits per heavy atom. The number of hydrazine groups is 1. The van der Waals surface area contributed by atoms with Gasteiger partial charge in [0, 0.05) is 0 Å². The van der Waals surface area contributed by atoms with Crippen LogP contribution in [-0.4, -0.2) is 6.18 Å². The van der Waals surface area contributed by atoms with Gasteiger partial charge < -0.3 is 16.9 Å². The molecule has 0 heterocycles. The molecule has 0 saturated carbocycles. The van der Waals surface area contributed by atoms with Gasteiger partial charge >= 0.3 is 6.18 Å². The monoisotopic (exact) mass is 216 g/mol. The van der Waals surface area contributed by atoms with E-state index in [1.54, 1.807) is 0 Å². The molecule has 0 aromatic carbocycles. The van der Waals surface area contributed by atoms with Gasteiger partial charge in [0.05, 0.1) is 5.57 Å². The van der Waals surface area contributed by atoms with Gasteiger partial charge in [0.25, 0.3) is 0 Å². The van der Waals surface area contributed by atoms with Gasteiger partial charge in [0.1, 0.15) is 11.0 Å². The van der Waals surface area contributed by atoms with Crippen molar-refractivity contribution in [2.75, 3.05) is 0 Å². The fraction of sp³-hybridized carbons (Fsp3) is 0.200. The summed E-state index contributed by atoms with van der Waals surface area (Å²) in [6, 6.07) is 0. The maximum Gasteiger partial charge on any atom is 0.419 e. The first-order valence-corrected chi connectivity index (χ1v) is 3.33. The fourth-order valence-corrected chi connectivity index (χ4v) is 0.645. The molecule has 76 valence electrons. The Morgan fingerprint density at radius 1 is 1.31 bits per heavy atom. The summed E-state index contributed by atoms with van der Waals surface area (Å²) in [6.07, 6.45) is -4.16. The van der Waals surface area contributed by atoms with Crippen molar-refractivity contribution in [1.29, 1.82) is 0 Å². The van der Waals surface area contributed by atoms with E-state index < -0.39 is 22.7 Å². The molecule has 0 amide bonds. The molecule has 0 fully saturated rings. The molecule has 0 bridgehead atoms. The minimum Gasteiger partial charge on any atom is -0.389 e. The van der Waals surface area contributed by atoms with Crippen molar-refractivity contribution < 1.29 is 13.2 Å². The van der Waals surface area contributed by atoms with Crippen molar-refractivity contribution in [3.63, 3.8) is 0 Å². The summed E-state index contributed by atoms with van der Waals surface area (Å²) in [5.74, 6) is 4.35. The number of alkyl halides is 3. The second-order valence-electron chi connectivity index (χ2n) is 2.00. The SMILES string of the molecule is NN/C(N)=C/C(=C(\N)Cl)C(F)(F)F. The molecule has 8 heteroatoms. The van der Waals surface area contributed by atoms with E-state index in [0.717, 1.165) is 0 Å². The summed E-state index contributed by atoms with van der Waals surface area (Å²) in [5, 5.41) is -0.897. The molecule has 0 saturated heterocycles. The van der Waals surface area contributed by atoms with E-state index in [-0.39, 0.29) is 0 Å². The second-order valence-corrected chi connectivity index (χ2v) is 2.41. The average Bonchev–Trinajstić information content (AvgIpc) is 1.96. The van der Waals surface area contributed by atoms with Crippen LogP contribution in [0.5, 0.6) is 0 Å². The van der Waals surface area contributed by atoms with Crippen molar-refractivity contribution in [2.45, 2.75) is 6.18 Å². The maximum absolute atomic E-state index is 12.1. The zero-order chi connectivity index (χ0) is 10.6. The summed E-state index contributed by atoms with van der Waals surface area (Å²) < 4.78 is 36.2. The Kier molecular flexibility index (Phi) is 3.89. The van der Waals surface area contributed by atoms with Crippen molar-refractivity contribution in [2.24, 2.45) is 17.3 Å². The van der Waals surface area contributed by atoms with Gasteiger partial charge in [0.15, 0.2) is 0 Å². The summed E-state index contributed by atoms with van der Waals surface area (Å²) in [7, 11) is 0.